The van der Waals surface area contributed by atoms with Crippen molar-refractivity contribution in [3.63, 3.8) is 0 Å². The summed E-state index contributed by atoms with van der Waals surface area (Å²) in [6, 6.07) is 15.9. The average molecular weight is 394 g/mol. The lowest BCUT2D eigenvalue weighted by molar-refractivity contribution is 0.102. The predicted molar refractivity (Wildman–Crippen MR) is 110 cm³/mol. The molecule has 0 aliphatic rings. The van der Waals surface area contributed by atoms with Gasteiger partial charge in [0, 0.05) is 5.56 Å². The van der Waals surface area contributed by atoms with Gasteiger partial charge in [0.2, 0.25) is 0 Å². The molecule has 0 spiro atoms. The Morgan fingerprint density at radius 2 is 1.62 bits per heavy atom. The molecule has 1 amide bonds. The molecule has 0 saturated carbocycles. The van der Waals surface area contributed by atoms with Crippen LogP contribution in [-0.4, -0.2) is 36.9 Å². The van der Waals surface area contributed by atoms with E-state index >= 15 is 0 Å². The standard InChI is InChI=1S/C21H22N4O4/c1-4-29-16-8-6-5-7-15(16)22-19-11-12-20(25-24-19)23-21(26)14-9-10-17(27-2)18(13-14)28-3/h5-13H,4H2,1-3H3,(H,22,24)(H,23,25,26). The fourth-order valence-electron chi connectivity index (χ4n) is 2.62. The molecule has 0 radical (unpaired) electrons. The Balaban J connectivity index is 1.69. The van der Waals surface area contributed by atoms with Crippen molar-refractivity contribution in [2.75, 3.05) is 31.5 Å². The number of nitrogens with one attached hydrogen (secondary N) is 2. The van der Waals surface area contributed by atoms with Gasteiger partial charge in [0.15, 0.2) is 23.1 Å². The van der Waals surface area contributed by atoms with Gasteiger partial charge in [0.25, 0.3) is 5.91 Å². The minimum atomic E-state index is -0.331. The van der Waals surface area contributed by atoms with Crippen molar-refractivity contribution in [2.45, 2.75) is 6.92 Å². The number of para-hydroxylation sites is 2. The van der Waals surface area contributed by atoms with Crippen molar-refractivity contribution >= 4 is 23.2 Å². The Bertz CT molecular complexity index is 977. The van der Waals surface area contributed by atoms with Crippen LogP contribution in [0.5, 0.6) is 17.2 Å². The van der Waals surface area contributed by atoms with Crippen LogP contribution in [0.15, 0.2) is 54.6 Å². The highest BCUT2D eigenvalue weighted by atomic mass is 16.5. The summed E-state index contributed by atoms with van der Waals surface area (Å²) in [6.07, 6.45) is 0. The highest BCUT2D eigenvalue weighted by molar-refractivity contribution is 6.04. The number of benzene rings is 2. The van der Waals surface area contributed by atoms with Gasteiger partial charge in [-0.1, -0.05) is 12.1 Å². The van der Waals surface area contributed by atoms with Gasteiger partial charge in [-0.25, -0.2) is 0 Å². The SMILES string of the molecule is CCOc1ccccc1Nc1ccc(NC(=O)c2ccc(OC)c(OC)c2)nn1. The van der Waals surface area contributed by atoms with E-state index in [-0.39, 0.29) is 5.91 Å². The third-order valence-corrected chi connectivity index (χ3v) is 4.00. The third-order valence-electron chi connectivity index (χ3n) is 4.00. The molecule has 8 nitrogen and oxygen atoms in total. The van der Waals surface area contributed by atoms with E-state index in [1.165, 1.54) is 14.2 Å². The first-order chi connectivity index (χ1) is 14.1. The van der Waals surface area contributed by atoms with Crippen molar-refractivity contribution in [3.05, 3.63) is 60.2 Å². The molecule has 1 heterocycles. The first-order valence-corrected chi connectivity index (χ1v) is 9.00. The second-order valence-electron chi connectivity index (χ2n) is 5.88. The second kappa shape index (κ2) is 9.41. The van der Waals surface area contributed by atoms with Gasteiger partial charge in [-0.2, -0.15) is 0 Å². The van der Waals surface area contributed by atoms with E-state index in [9.17, 15) is 4.79 Å². The van der Waals surface area contributed by atoms with Crippen molar-refractivity contribution in [3.8, 4) is 17.2 Å². The Kier molecular flexibility index (Phi) is 6.47. The molecule has 0 fully saturated rings. The van der Waals surface area contributed by atoms with Crippen LogP contribution in [-0.2, 0) is 0 Å². The van der Waals surface area contributed by atoms with Crippen LogP contribution in [0.4, 0.5) is 17.3 Å². The predicted octanol–water partition coefficient (Wildman–Crippen LogP) is 3.89. The maximum absolute atomic E-state index is 12.5. The molecule has 3 rings (SSSR count). The zero-order valence-electron chi connectivity index (χ0n) is 16.4. The number of anilines is 3. The first-order valence-electron chi connectivity index (χ1n) is 9.00. The third kappa shape index (κ3) is 4.92. The zero-order valence-corrected chi connectivity index (χ0v) is 16.4. The fraction of sp³-hybridized carbons (Fsp3) is 0.190. The monoisotopic (exact) mass is 394 g/mol. The molecule has 0 atom stereocenters. The lowest BCUT2D eigenvalue weighted by Gasteiger charge is -2.12. The molecule has 0 aliphatic carbocycles. The van der Waals surface area contributed by atoms with Gasteiger partial charge < -0.3 is 24.8 Å². The topological polar surface area (TPSA) is 94.6 Å². The average Bonchev–Trinajstić information content (AvgIpc) is 2.76. The van der Waals surface area contributed by atoms with E-state index in [2.05, 4.69) is 20.8 Å². The zero-order chi connectivity index (χ0) is 20.6. The summed E-state index contributed by atoms with van der Waals surface area (Å²) in [5.41, 5.74) is 1.20. The highest BCUT2D eigenvalue weighted by Crippen LogP contribution is 2.28. The van der Waals surface area contributed by atoms with E-state index < -0.39 is 0 Å². The molecule has 2 aromatic carbocycles. The number of aromatic nitrogens is 2. The number of ether oxygens (including phenoxy) is 3. The summed E-state index contributed by atoms with van der Waals surface area (Å²) in [7, 11) is 3.05. The maximum atomic E-state index is 12.5. The summed E-state index contributed by atoms with van der Waals surface area (Å²) >= 11 is 0. The number of hydrogen-bond donors (Lipinski definition) is 2. The first kappa shape index (κ1) is 19.9. The lowest BCUT2D eigenvalue weighted by Crippen LogP contribution is -2.13. The fourth-order valence-corrected chi connectivity index (χ4v) is 2.62. The number of nitrogens with zero attached hydrogens (tertiary/aromatic N) is 2. The van der Waals surface area contributed by atoms with Crippen LogP contribution in [0.2, 0.25) is 0 Å². The van der Waals surface area contributed by atoms with Crippen LogP contribution < -0.4 is 24.8 Å². The summed E-state index contributed by atoms with van der Waals surface area (Å²) < 4.78 is 16.0. The molecular formula is C21H22N4O4. The van der Waals surface area contributed by atoms with E-state index in [1.807, 2.05) is 31.2 Å². The lowest BCUT2D eigenvalue weighted by atomic mass is 10.2. The van der Waals surface area contributed by atoms with Crippen LogP contribution >= 0.6 is 0 Å². The van der Waals surface area contributed by atoms with Gasteiger partial charge in [0.05, 0.1) is 26.5 Å². The molecule has 150 valence electrons. The number of methoxy groups -OCH3 is 2. The molecule has 0 unspecified atom stereocenters. The van der Waals surface area contributed by atoms with E-state index in [0.717, 1.165) is 11.4 Å². The van der Waals surface area contributed by atoms with E-state index in [4.69, 9.17) is 14.2 Å². The minimum absolute atomic E-state index is 0.327. The van der Waals surface area contributed by atoms with Crippen LogP contribution in [0, 0.1) is 0 Å². The Morgan fingerprint density at radius 1 is 0.897 bits per heavy atom. The van der Waals surface area contributed by atoms with Crippen molar-refractivity contribution in [1.29, 1.82) is 0 Å². The van der Waals surface area contributed by atoms with Gasteiger partial charge in [-0.3, -0.25) is 4.79 Å². The van der Waals surface area contributed by atoms with Gasteiger partial charge in [-0.05, 0) is 49.4 Å². The quantitative estimate of drug-likeness (QED) is 0.598. The Labute approximate surface area is 168 Å². The number of hydrogen-bond acceptors (Lipinski definition) is 7. The maximum Gasteiger partial charge on any atom is 0.257 e. The largest absolute Gasteiger partial charge is 0.493 e. The molecule has 29 heavy (non-hydrogen) atoms. The number of amides is 1. The van der Waals surface area contributed by atoms with Gasteiger partial charge >= 0.3 is 0 Å². The molecule has 3 aromatic rings. The number of rotatable bonds is 8. The summed E-state index contributed by atoms with van der Waals surface area (Å²) in [5.74, 6) is 2.27. The van der Waals surface area contributed by atoms with Gasteiger partial charge in [-0.15, -0.1) is 10.2 Å². The summed E-state index contributed by atoms with van der Waals surface area (Å²) in [5, 5.41) is 14.0. The molecule has 0 aliphatic heterocycles. The van der Waals surface area contributed by atoms with E-state index in [1.54, 1.807) is 30.3 Å². The molecule has 8 heteroatoms. The normalized spacial score (nSPS) is 10.2. The highest BCUT2D eigenvalue weighted by Gasteiger charge is 2.12. The summed E-state index contributed by atoms with van der Waals surface area (Å²) in [6.45, 7) is 2.48. The molecule has 0 saturated heterocycles. The van der Waals surface area contributed by atoms with Crippen LogP contribution in [0.3, 0.4) is 0 Å². The molecular weight excluding hydrogens is 372 g/mol. The van der Waals surface area contributed by atoms with Crippen molar-refractivity contribution in [1.82, 2.24) is 10.2 Å². The second-order valence-corrected chi connectivity index (χ2v) is 5.88. The van der Waals surface area contributed by atoms with Gasteiger partial charge in [0.1, 0.15) is 5.75 Å². The van der Waals surface area contributed by atoms with Crippen molar-refractivity contribution < 1.29 is 19.0 Å². The van der Waals surface area contributed by atoms with Crippen LogP contribution in [0.1, 0.15) is 17.3 Å². The number of carbonyl (C=O) groups excluding carboxylic acids is 1. The Morgan fingerprint density at radius 3 is 2.31 bits per heavy atom. The molecule has 1 aromatic heterocycles. The van der Waals surface area contributed by atoms with Crippen molar-refractivity contribution in [2.24, 2.45) is 0 Å². The summed E-state index contributed by atoms with van der Waals surface area (Å²) in [4.78, 5) is 12.5. The molecule has 2 N–H and O–H groups in total. The Hall–Kier alpha value is -3.81. The van der Waals surface area contributed by atoms with Crippen LogP contribution in [0.25, 0.3) is 0 Å². The van der Waals surface area contributed by atoms with E-state index in [0.29, 0.717) is 35.3 Å². The minimum Gasteiger partial charge on any atom is -0.493 e. The smallest absolute Gasteiger partial charge is 0.257 e. The number of carbonyl (C=O) groups is 1. The molecule has 0 bridgehead atoms.